The second-order valence-electron chi connectivity index (χ2n) is 5.18. The molecule has 2 aromatic rings. The molecule has 5 nitrogen and oxygen atoms in total. The largest absolute Gasteiger partial charge is 0.482 e. The average Bonchev–Trinajstić information content (AvgIpc) is 2.53. The van der Waals surface area contributed by atoms with Crippen LogP contribution in [0.2, 0.25) is 10.0 Å². The molecule has 0 aromatic heterocycles. The van der Waals surface area contributed by atoms with E-state index in [1.807, 2.05) is 26.0 Å². The fourth-order valence-corrected chi connectivity index (χ4v) is 2.36. The van der Waals surface area contributed by atoms with Crippen LogP contribution in [-0.4, -0.2) is 18.4 Å². The van der Waals surface area contributed by atoms with Crippen LogP contribution in [0.4, 0.5) is 0 Å². The zero-order chi connectivity index (χ0) is 17.7. The van der Waals surface area contributed by atoms with Gasteiger partial charge in [-0.3, -0.25) is 20.4 Å². The zero-order valence-corrected chi connectivity index (χ0v) is 14.7. The van der Waals surface area contributed by atoms with Gasteiger partial charge in [0.05, 0.1) is 5.02 Å². The molecular formula is C17H16Cl2N2O3. The van der Waals surface area contributed by atoms with Gasteiger partial charge in [-0.25, -0.2) is 0 Å². The van der Waals surface area contributed by atoms with Crippen LogP contribution in [0.1, 0.15) is 21.5 Å². The van der Waals surface area contributed by atoms with Gasteiger partial charge in [0.15, 0.2) is 6.61 Å². The van der Waals surface area contributed by atoms with Gasteiger partial charge in [0, 0.05) is 16.7 Å². The van der Waals surface area contributed by atoms with Gasteiger partial charge in [-0.15, -0.1) is 0 Å². The Morgan fingerprint density at radius 1 is 1.04 bits per heavy atom. The monoisotopic (exact) mass is 366 g/mol. The van der Waals surface area contributed by atoms with Crippen molar-refractivity contribution < 1.29 is 14.3 Å². The van der Waals surface area contributed by atoms with Crippen molar-refractivity contribution in [2.24, 2.45) is 0 Å². The SMILES string of the molecule is Cc1ccc(C(=O)NNC(=O)COc2cc(Cl)ccc2Cl)c(C)c1. The van der Waals surface area contributed by atoms with Gasteiger partial charge in [0.25, 0.3) is 11.8 Å². The van der Waals surface area contributed by atoms with Gasteiger partial charge in [0.2, 0.25) is 0 Å². The fraction of sp³-hybridized carbons (Fsp3) is 0.176. The molecule has 126 valence electrons. The van der Waals surface area contributed by atoms with Crippen LogP contribution in [0.3, 0.4) is 0 Å². The van der Waals surface area contributed by atoms with Crippen LogP contribution in [0, 0.1) is 13.8 Å². The van der Waals surface area contributed by atoms with Crippen LogP contribution in [0.5, 0.6) is 5.75 Å². The summed E-state index contributed by atoms with van der Waals surface area (Å²) in [6.45, 7) is 3.45. The second-order valence-corrected chi connectivity index (χ2v) is 6.03. The molecule has 0 aliphatic carbocycles. The normalized spacial score (nSPS) is 10.2. The number of aryl methyl sites for hydroxylation is 2. The van der Waals surface area contributed by atoms with Crippen LogP contribution in [0.25, 0.3) is 0 Å². The highest BCUT2D eigenvalue weighted by molar-refractivity contribution is 6.34. The van der Waals surface area contributed by atoms with Crippen molar-refractivity contribution in [1.29, 1.82) is 0 Å². The number of hydrogen-bond donors (Lipinski definition) is 2. The number of hydrazine groups is 1. The molecule has 0 bridgehead atoms. The van der Waals surface area contributed by atoms with E-state index in [1.54, 1.807) is 18.2 Å². The molecule has 2 rings (SSSR count). The van der Waals surface area contributed by atoms with Crippen molar-refractivity contribution in [3.63, 3.8) is 0 Å². The lowest BCUT2D eigenvalue weighted by molar-refractivity contribution is -0.123. The lowest BCUT2D eigenvalue weighted by Gasteiger charge is -2.11. The molecule has 0 saturated heterocycles. The first-order valence-electron chi connectivity index (χ1n) is 7.11. The minimum absolute atomic E-state index is 0.292. The van der Waals surface area contributed by atoms with Crippen molar-refractivity contribution in [3.8, 4) is 5.75 Å². The van der Waals surface area contributed by atoms with E-state index in [9.17, 15) is 9.59 Å². The van der Waals surface area contributed by atoms with E-state index in [1.165, 1.54) is 6.07 Å². The Balaban J connectivity index is 1.86. The number of nitrogens with one attached hydrogen (secondary N) is 2. The minimum Gasteiger partial charge on any atom is -0.482 e. The zero-order valence-electron chi connectivity index (χ0n) is 13.2. The number of carbonyl (C=O) groups is 2. The van der Waals surface area contributed by atoms with Crippen molar-refractivity contribution in [1.82, 2.24) is 10.9 Å². The highest BCUT2D eigenvalue weighted by Crippen LogP contribution is 2.27. The minimum atomic E-state index is -0.524. The Hall–Kier alpha value is -2.24. The van der Waals surface area contributed by atoms with Crippen LogP contribution in [0.15, 0.2) is 36.4 Å². The lowest BCUT2D eigenvalue weighted by Crippen LogP contribution is -2.44. The number of amides is 2. The summed E-state index contributed by atoms with van der Waals surface area (Å²) >= 11 is 11.8. The van der Waals surface area contributed by atoms with E-state index in [0.717, 1.165) is 11.1 Å². The molecule has 0 aliphatic rings. The summed E-state index contributed by atoms with van der Waals surface area (Å²) in [5.41, 5.74) is 7.00. The third kappa shape index (κ3) is 4.88. The second kappa shape index (κ2) is 8.04. The number of rotatable bonds is 4. The predicted molar refractivity (Wildman–Crippen MR) is 93.5 cm³/mol. The van der Waals surface area contributed by atoms with Gasteiger partial charge in [0.1, 0.15) is 5.75 Å². The summed E-state index contributed by atoms with van der Waals surface area (Å²) in [6, 6.07) is 10.1. The van der Waals surface area contributed by atoms with Gasteiger partial charge in [-0.1, -0.05) is 40.9 Å². The highest BCUT2D eigenvalue weighted by atomic mass is 35.5. The Morgan fingerprint density at radius 2 is 1.79 bits per heavy atom. The molecule has 0 radical (unpaired) electrons. The van der Waals surface area contributed by atoms with Crippen LogP contribution >= 0.6 is 23.2 Å². The van der Waals surface area contributed by atoms with Crippen molar-refractivity contribution >= 4 is 35.0 Å². The summed E-state index contributed by atoms with van der Waals surface area (Å²) in [7, 11) is 0. The Bertz CT molecular complexity index is 778. The number of hydrogen-bond acceptors (Lipinski definition) is 3. The maximum Gasteiger partial charge on any atom is 0.276 e. The lowest BCUT2D eigenvalue weighted by atomic mass is 10.1. The quantitative estimate of drug-likeness (QED) is 0.814. The fourth-order valence-electron chi connectivity index (χ4n) is 2.03. The van der Waals surface area contributed by atoms with E-state index in [0.29, 0.717) is 21.4 Å². The standard InChI is InChI=1S/C17H16Cl2N2O3/c1-10-3-5-13(11(2)7-10)17(23)21-20-16(22)9-24-15-8-12(18)4-6-14(15)19/h3-8H,9H2,1-2H3,(H,20,22)(H,21,23). The molecule has 2 N–H and O–H groups in total. The molecule has 0 heterocycles. The van der Waals surface area contributed by atoms with Gasteiger partial charge < -0.3 is 4.74 Å². The van der Waals surface area contributed by atoms with E-state index in [4.69, 9.17) is 27.9 Å². The first-order valence-corrected chi connectivity index (χ1v) is 7.86. The van der Waals surface area contributed by atoms with Crippen molar-refractivity contribution in [2.45, 2.75) is 13.8 Å². The summed E-state index contributed by atoms with van der Waals surface area (Å²) in [4.78, 5) is 23.8. The number of ether oxygens (including phenoxy) is 1. The molecule has 7 heteroatoms. The van der Waals surface area contributed by atoms with Gasteiger partial charge >= 0.3 is 0 Å². The first-order chi connectivity index (χ1) is 11.4. The molecule has 0 fully saturated rings. The average molecular weight is 367 g/mol. The maximum absolute atomic E-state index is 12.0. The molecular weight excluding hydrogens is 351 g/mol. The van der Waals surface area contributed by atoms with E-state index in [-0.39, 0.29) is 6.61 Å². The first kappa shape index (κ1) is 18.1. The number of benzene rings is 2. The van der Waals surface area contributed by atoms with E-state index < -0.39 is 11.8 Å². The molecule has 2 amide bonds. The smallest absolute Gasteiger partial charge is 0.276 e. The third-order valence-corrected chi connectivity index (χ3v) is 3.74. The predicted octanol–water partition coefficient (Wildman–Crippen LogP) is 3.45. The molecule has 24 heavy (non-hydrogen) atoms. The van der Waals surface area contributed by atoms with Crippen molar-refractivity contribution in [3.05, 3.63) is 63.1 Å². The van der Waals surface area contributed by atoms with Crippen LogP contribution in [-0.2, 0) is 4.79 Å². The van der Waals surface area contributed by atoms with E-state index >= 15 is 0 Å². The van der Waals surface area contributed by atoms with E-state index in [2.05, 4.69) is 10.9 Å². The molecule has 0 spiro atoms. The molecule has 0 atom stereocenters. The third-order valence-electron chi connectivity index (χ3n) is 3.19. The number of carbonyl (C=O) groups excluding carboxylic acids is 2. The summed E-state index contributed by atoms with van der Waals surface area (Å²) < 4.78 is 5.28. The molecule has 0 unspecified atom stereocenters. The summed E-state index contributed by atoms with van der Waals surface area (Å²) in [5, 5.41) is 0.782. The Kier molecular flexibility index (Phi) is 6.06. The summed E-state index contributed by atoms with van der Waals surface area (Å²) in [6.07, 6.45) is 0. The Labute approximate surface area is 149 Å². The van der Waals surface area contributed by atoms with Crippen LogP contribution < -0.4 is 15.6 Å². The topological polar surface area (TPSA) is 67.4 Å². The van der Waals surface area contributed by atoms with Gasteiger partial charge in [-0.05, 0) is 37.6 Å². The Morgan fingerprint density at radius 3 is 2.50 bits per heavy atom. The molecule has 2 aromatic carbocycles. The maximum atomic E-state index is 12.0. The molecule has 0 saturated carbocycles. The van der Waals surface area contributed by atoms with Crippen molar-refractivity contribution in [2.75, 3.05) is 6.61 Å². The molecule has 0 aliphatic heterocycles. The van der Waals surface area contributed by atoms with Gasteiger partial charge in [-0.2, -0.15) is 0 Å². The highest BCUT2D eigenvalue weighted by Gasteiger charge is 2.11. The number of halogens is 2. The summed E-state index contributed by atoms with van der Waals surface area (Å²) in [5.74, 6) is -0.634.